The third kappa shape index (κ3) is 3.24. The van der Waals surface area contributed by atoms with Crippen LogP contribution in [0.5, 0.6) is 0 Å². The van der Waals surface area contributed by atoms with E-state index < -0.39 is 16.9 Å². The lowest BCUT2D eigenvalue weighted by atomic mass is 9.80. The Labute approximate surface area is 188 Å². The van der Waals surface area contributed by atoms with Gasteiger partial charge in [0.05, 0.1) is 11.5 Å². The average Bonchev–Trinajstić information content (AvgIpc) is 3.27. The number of β-amino-alcohol motifs (C(OH)–C–C–N with tert-alkyl or cyclic N) is 1. The molecule has 1 N–H and O–H groups in total. The Kier molecular flexibility index (Phi) is 4.91. The molecule has 0 spiro atoms. The number of hydrogen-bond acceptors (Lipinski definition) is 6. The number of aromatic nitrogens is 1. The predicted molar refractivity (Wildman–Crippen MR) is 125 cm³/mol. The molecule has 168 valence electrons. The first-order chi connectivity index (χ1) is 15.2. The van der Waals surface area contributed by atoms with Gasteiger partial charge in [-0.15, -0.1) is 0 Å². The van der Waals surface area contributed by atoms with Gasteiger partial charge in [0, 0.05) is 43.6 Å². The molecule has 2 aliphatic rings. The Morgan fingerprint density at radius 3 is 2.44 bits per heavy atom. The van der Waals surface area contributed by atoms with Gasteiger partial charge in [-0.25, -0.2) is 0 Å². The minimum atomic E-state index is -0.589. The molecule has 0 bridgehead atoms. The highest BCUT2D eigenvalue weighted by Crippen LogP contribution is 2.47. The van der Waals surface area contributed by atoms with Crippen LogP contribution in [0.25, 0.3) is 11.0 Å². The third-order valence-corrected chi connectivity index (χ3v) is 7.37. The van der Waals surface area contributed by atoms with E-state index in [4.69, 9.17) is 4.52 Å². The van der Waals surface area contributed by atoms with Gasteiger partial charge in [0.2, 0.25) is 0 Å². The largest absolute Gasteiger partial charge is 0.387 e. The maximum absolute atomic E-state index is 12.9. The number of fused-ring (bicyclic) bond motifs is 2. The van der Waals surface area contributed by atoms with E-state index in [0.29, 0.717) is 6.54 Å². The lowest BCUT2D eigenvalue weighted by Crippen LogP contribution is -2.47. The zero-order valence-electron chi connectivity index (χ0n) is 19.3. The normalized spacial score (nSPS) is 21.2. The minimum Gasteiger partial charge on any atom is -0.387 e. The summed E-state index contributed by atoms with van der Waals surface area (Å²) in [6, 6.07) is 14.0. The van der Waals surface area contributed by atoms with Crippen molar-refractivity contribution in [2.75, 3.05) is 37.6 Å². The van der Waals surface area contributed by atoms with Crippen molar-refractivity contribution in [1.82, 2.24) is 10.1 Å². The number of anilines is 1. The molecule has 5 rings (SSSR count). The summed E-state index contributed by atoms with van der Waals surface area (Å²) in [7, 11) is 0. The van der Waals surface area contributed by atoms with Gasteiger partial charge in [0.1, 0.15) is 0 Å². The lowest BCUT2D eigenvalue weighted by Gasteiger charge is -2.35. The van der Waals surface area contributed by atoms with Crippen LogP contribution >= 0.6 is 0 Å². The second-order valence-electron chi connectivity index (χ2n) is 10.2. The topological polar surface area (TPSA) is 69.8 Å². The maximum atomic E-state index is 12.9. The van der Waals surface area contributed by atoms with E-state index in [9.17, 15) is 9.90 Å². The molecule has 2 heterocycles. The van der Waals surface area contributed by atoms with E-state index in [0.717, 1.165) is 59.7 Å². The fourth-order valence-corrected chi connectivity index (χ4v) is 5.45. The number of ketones is 1. The first-order valence-electron chi connectivity index (χ1n) is 11.4. The molecular weight excluding hydrogens is 402 g/mol. The Morgan fingerprint density at radius 2 is 1.69 bits per heavy atom. The van der Waals surface area contributed by atoms with Gasteiger partial charge in [0.25, 0.3) is 0 Å². The van der Waals surface area contributed by atoms with Crippen LogP contribution in [0.1, 0.15) is 50.5 Å². The summed E-state index contributed by atoms with van der Waals surface area (Å²) in [4.78, 5) is 17.5. The second-order valence-corrected chi connectivity index (χ2v) is 10.2. The Hall–Kier alpha value is -2.70. The number of para-hydroxylation sites is 1. The Balaban J connectivity index is 1.27. The van der Waals surface area contributed by atoms with Gasteiger partial charge in [0.15, 0.2) is 17.2 Å². The highest BCUT2D eigenvalue weighted by atomic mass is 16.5. The molecule has 1 fully saturated rings. The number of carbonyl (C=O) groups excluding carboxylic acids is 1. The van der Waals surface area contributed by atoms with Crippen molar-refractivity contribution in [2.45, 2.75) is 44.6 Å². The first-order valence-corrected chi connectivity index (χ1v) is 11.4. The molecule has 6 nitrogen and oxygen atoms in total. The number of rotatable bonds is 4. The number of aliphatic hydroxyl groups excluding tert-OH is 1. The summed E-state index contributed by atoms with van der Waals surface area (Å²) in [5.41, 5.74) is 2.81. The molecule has 0 amide bonds. The molecule has 1 unspecified atom stereocenters. The molecule has 2 aromatic carbocycles. The van der Waals surface area contributed by atoms with Crippen LogP contribution in [0.3, 0.4) is 0 Å². The lowest BCUT2D eigenvalue weighted by molar-refractivity contribution is -0.126. The number of Topliss-reactive ketones (excluding diaryl/α,β-unsaturated/α-hetero) is 1. The highest BCUT2D eigenvalue weighted by Gasteiger charge is 2.50. The van der Waals surface area contributed by atoms with Crippen LogP contribution in [0.2, 0.25) is 0 Å². The van der Waals surface area contributed by atoms with Gasteiger partial charge < -0.3 is 14.5 Å². The zero-order valence-corrected chi connectivity index (χ0v) is 19.3. The summed E-state index contributed by atoms with van der Waals surface area (Å²) in [6.07, 6.45) is -0.589. The van der Waals surface area contributed by atoms with E-state index in [2.05, 4.69) is 15.0 Å². The Morgan fingerprint density at radius 1 is 1.00 bits per heavy atom. The molecule has 1 aromatic heterocycles. The highest BCUT2D eigenvalue weighted by molar-refractivity contribution is 6.02. The van der Waals surface area contributed by atoms with Crippen molar-refractivity contribution in [2.24, 2.45) is 0 Å². The van der Waals surface area contributed by atoms with Crippen LogP contribution in [0, 0.1) is 0 Å². The molecular formula is C26H31N3O3. The van der Waals surface area contributed by atoms with Crippen molar-refractivity contribution in [3.05, 3.63) is 59.2 Å². The average molecular weight is 434 g/mol. The van der Waals surface area contributed by atoms with Crippen molar-refractivity contribution in [3.8, 4) is 0 Å². The zero-order chi connectivity index (χ0) is 22.7. The van der Waals surface area contributed by atoms with Crippen molar-refractivity contribution in [1.29, 1.82) is 0 Å². The van der Waals surface area contributed by atoms with Crippen molar-refractivity contribution < 1.29 is 14.4 Å². The fraction of sp³-hybridized carbons (Fsp3) is 0.462. The number of hydrogen-bond donors (Lipinski definition) is 1. The maximum Gasteiger partial charge on any atom is 0.180 e. The molecule has 6 heteroatoms. The van der Waals surface area contributed by atoms with Gasteiger partial charge in [-0.3, -0.25) is 9.69 Å². The molecule has 1 aliphatic heterocycles. The summed E-state index contributed by atoms with van der Waals surface area (Å²) >= 11 is 0. The third-order valence-electron chi connectivity index (χ3n) is 7.37. The summed E-state index contributed by atoms with van der Waals surface area (Å²) in [6.45, 7) is 11.9. The van der Waals surface area contributed by atoms with Crippen LogP contribution in [-0.2, 0) is 15.6 Å². The van der Waals surface area contributed by atoms with Crippen LogP contribution in [-0.4, -0.2) is 53.7 Å². The molecule has 1 aliphatic carbocycles. The molecule has 0 radical (unpaired) electrons. The number of benzene rings is 2. The number of piperazine rings is 1. The second kappa shape index (κ2) is 7.42. The predicted octanol–water partition coefficient (Wildman–Crippen LogP) is 3.82. The Bertz CT molecular complexity index is 1170. The van der Waals surface area contributed by atoms with E-state index in [1.807, 2.05) is 70.2 Å². The summed E-state index contributed by atoms with van der Waals surface area (Å²) in [5, 5.41) is 16.3. The smallest absolute Gasteiger partial charge is 0.180 e. The quantitative estimate of drug-likeness (QED) is 0.675. The SMILES string of the molecule is CC1(C)C(=O)C(C)(C)c2cc(C(O)CN3CCN(c4noc5ccccc45)CC3)ccc21. The minimum absolute atomic E-state index is 0.239. The molecule has 1 atom stereocenters. The molecule has 3 aromatic rings. The van der Waals surface area contributed by atoms with Gasteiger partial charge in [-0.05, 0) is 56.5 Å². The van der Waals surface area contributed by atoms with Crippen molar-refractivity contribution in [3.63, 3.8) is 0 Å². The van der Waals surface area contributed by atoms with E-state index in [1.54, 1.807) is 0 Å². The van der Waals surface area contributed by atoms with E-state index in [-0.39, 0.29) is 5.78 Å². The van der Waals surface area contributed by atoms with Gasteiger partial charge in [-0.1, -0.05) is 35.5 Å². The van der Waals surface area contributed by atoms with Gasteiger partial charge in [-0.2, -0.15) is 0 Å². The fourth-order valence-electron chi connectivity index (χ4n) is 5.45. The van der Waals surface area contributed by atoms with E-state index >= 15 is 0 Å². The van der Waals surface area contributed by atoms with Crippen LogP contribution in [0.15, 0.2) is 47.0 Å². The summed E-state index contributed by atoms with van der Waals surface area (Å²) in [5.74, 6) is 1.14. The van der Waals surface area contributed by atoms with E-state index in [1.165, 1.54) is 0 Å². The van der Waals surface area contributed by atoms with Crippen molar-refractivity contribution >= 4 is 22.6 Å². The number of carbonyl (C=O) groups is 1. The van der Waals surface area contributed by atoms with Crippen LogP contribution < -0.4 is 4.90 Å². The first kappa shape index (κ1) is 21.2. The molecule has 32 heavy (non-hydrogen) atoms. The number of aliphatic hydroxyl groups is 1. The van der Waals surface area contributed by atoms with Crippen LogP contribution in [0.4, 0.5) is 5.82 Å². The monoisotopic (exact) mass is 433 g/mol. The van der Waals surface area contributed by atoms with Gasteiger partial charge >= 0.3 is 0 Å². The standard InChI is InChI=1S/C26H31N3O3/c1-25(2)19-10-9-17(15-20(19)26(3,4)24(25)31)21(30)16-28-11-13-29(14-12-28)23-18-7-5-6-8-22(18)32-27-23/h5-10,15,21,30H,11-14,16H2,1-4H3. The number of nitrogens with zero attached hydrogens (tertiary/aromatic N) is 3. The summed E-state index contributed by atoms with van der Waals surface area (Å²) < 4.78 is 5.46. The molecule has 1 saturated heterocycles. The molecule has 0 saturated carbocycles.